The van der Waals surface area contributed by atoms with E-state index >= 15 is 0 Å². The minimum atomic E-state index is -0.275. The number of nitrogens with zero attached hydrogens (tertiary/aromatic N) is 2. The predicted molar refractivity (Wildman–Crippen MR) is 83.0 cm³/mol. The zero-order valence-electron chi connectivity index (χ0n) is 12.6. The standard InChI is InChI=1S/C17H22N2O2/c1-12-10-18(8-7-16(12)20)17(21)11-19-13(2)9-14-5-3-4-6-15(14)19/h3-6,9,12,16,20H,7-8,10-11H2,1-2H3. The summed E-state index contributed by atoms with van der Waals surface area (Å²) in [5.41, 5.74) is 2.21. The van der Waals surface area contributed by atoms with Gasteiger partial charge in [-0.15, -0.1) is 0 Å². The molecule has 1 aromatic heterocycles. The van der Waals surface area contributed by atoms with E-state index in [0.717, 1.165) is 11.2 Å². The zero-order valence-corrected chi connectivity index (χ0v) is 12.6. The summed E-state index contributed by atoms with van der Waals surface area (Å²) >= 11 is 0. The molecule has 21 heavy (non-hydrogen) atoms. The van der Waals surface area contributed by atoms with Gasteiger partial charge in [0.05, 0.1) is 6.10 Å². The van der Waals surface area contributed by atoms with Crippen LogP contribution in [0.2, 0.25) is 0 Å². The van der Waals surface area contributed by atoms with Crippen LogP contribution >= 0.6 is 0 Å². The SMILES string of the molecule is Cc1cc2ccccc2n1CC(=O)N1CCC(O)C(C)C1. The maximum absolute atomic E-state index is 12.5. The van der Waals surface area contributed by atoms with Crippen molar-refractivity contribution in [3.8, 4) is 0 Å². The van der Waals surface area contributed by atoms with Crippen LogP contribution in [0.5, 0.6) is 0 Å². The molecule has 1 amide bonds. The van der Waals surface area contributed by atoms with Crippen molar-refractivity contribution in [2.24, 2.45) is 5.92 Å². The third kappa shape index (κ3) is 2.68. The van der Waals surface area contributed by atoms with Crippen molar-refractivity contribution < 1.29 is 9.90 Å². The number of piperidine rings is 1. The van der Waals surface area contributed by atoms with Crippen molar-refractivity contribution in [1.29, 1.82) is 0 Å². The average Bonchev–Trinajstić information content (AvgIpc) is 2.78. The molecule has 1 fully saturated rings. The zero-order chi connectivity index (χ0) is 15.0. The molecule has 0 aliphatic carbocycles. The van der Waals surface area contributed by atoms with Crippen LogP contribution in [0.1, 0.15) is 19.0 Å². The fourth-order valence-electron chi connectivity index (χ4n) is 3.15. The molecule has 4 heteroatoms. The molecule has 4 nitrogen and oxygen atoms in total. The molecule has 0 bridgehead atoms. The number of aliphatic hydroxyl groups excluding tert-OH is 1. The van der Waals surface area contributed by atoms with Gasteiger partial charge in [0.15, 0.2) is 0 Å². The number of likely N-dealkylation sites (tertiary alicyclic amines) is 1. The average molecular weight is 286 g/mol. The van der Waals surface area contributed by atoms with E-state index < -0.39 is 0 Å². The third-order valence-electron chi connectivity index (χ3n) is 4.52. The van der Waals surface area contributed by atoms with Crippen molar-refractivity contribution in [3.63, 3.8) is 0 Å². The number of carbonyl (C=O) groups excluding carboxylic acids is 1. The van der Waals surface area contributed by atoms with Gasteiger partial charge < -0.3 is 14.6 Å². The highest BCUT2D eigenvalue weighted by molar-refractivity contribution is 5.84. The van der Waals surface area contributed by atoms with Crippen LogP contribution in [0.15, 0.2) is 30.3 Å². The first-order valence-electron chi connectivity index (χ1n) is 7.57. The van der Waals surface area contributed by atoms with Crippen molar-refractivity contribution >= 4 is 16.8 Å². The number of hydrogen-bond acceptors (Lipinski definition) is 2. The molecule has 2 atom stereocenters. The minimum absolute atomic E-state index is 0.137. The maximum Gasteiger partial charge on any atom is 0.242 e. The topological polar surface area (TPSA) is 45.5 Å². The number of rotatable bonds is 2. The summed E-state index contributed by atoms with van der Waals surface area (Å²) in [4.78, 5) is 14.4. The Morgan fingerprint density at radius 3 is 2.90 bits per heavy atom. The Bertz CT molecular complexity index is 662. The lowest BCUT2D eigenvalue weighted by Gasteiger charge is -2.34. The Hall–Kier alpha value is -1.81. The molecule has 1 aromatic carbocycles. The Kier molecular flexibility index (Phi) is 3.72. The highest BCUT2D eigenvalue weighted by Gasteiger charge is 2.27. The van der Waals surface area contributed by atoms with E-state index in [0.29, 0.717) is 26.1 Å². The number of aryl methyl sites for hydroxylation is 1. The van der Waals surface area contributed by atoms with Crippen LogP contribution in [0.4, 0.5) is 0 Å². The molecule has 1 saturated heterocycles. The Morgan fingerprint density at radius 1 is 1.38 bits per heavy atom. The van der Waals surface area contributed by atoms with E-state index in [2.05, 4.69) is 22.8 Å². The highest BCUT2D eigenvalue weighted by Crippen LogP contribution is 2.21. The van der Waals surface area contributed by atoms with Crippen LogP contribution < -0.4 is 0 Å². The second-order valence-corrected chi connectivity index (χ2v) is 6.10. The van der Waals surface area contributed by atoms with Crippen molar-refractivity contribution in [2.45, 2.75) is 32.9 Å². The van der Waals surface area contributed by atoms with Crippen molar-refractivity contribution in [2.75, 3.05) is 13.1 Å². The van der Waals surface area contributed by atoms with Gasteiger partial charge in [-0.25, -0.2) is 0 Å². The van der Waals surface area contributed by atoms with E-state index in [1.54, 1.807) is 0 Å². The highest BCUT2D eigenvalue weighted by atomic mass is 16.3. The lowest BCUT2D eigenvalue weighted by Crippen LogP contribution is -2.46. The lowest BCUT2D eigenvalue weighted by atomic mass is 9.97. The molecule has 1 N–H and O–H groups in total. The molecular weight excluding hydrogens is 264 g/mol. The molecule has 112 valence electrons. The number of fused-ring (bicyclic) bond motifs is 1. The second kappa shape index (κ2) is 5.53. The van der Waals surface area contributed by atoms with Crippen LogP contribution in [0.25, 0.3) is 10.9 Å². The maximum atomic E-state index is 12.5. The fourth-order valence-corrected chi connectivity index (χ4v) is 3.15. The summed E-state index contributed by atoms with van der Waals surface area (Å²) in [6, 6.07) is 10.3. The second-order valence-electron chi connectivity index (χ2n) is 6.10. The van der Waals surface area contributed by atoms with Crippen LogP contribution in [0, 0.1) is 12.8 Å². The first-order chi connectivity index (χ1) is 10.1. The third-order valence-corrected chi connectivity index (χ3v) is 4.52. The molecule has 1 aliphatic heterocycles. The van der Waals surface area contributed by atoms with Gasteiger partial charge >= 0.3 is 0 Å². The van der Waals surface area contributed by atoms with E-state index in [1.165, 1.54) is 5.39 Å². The number of aliphatic hydroxyl groups is 1. The van der Waals surface area contributed by atoms with Gasteiger partial charge in [0.1, 0.15) is 6.54 Å². The summed E-state index contributed by atoms with van der Waals surface area (Å²) in [5.74, 6) is 0.295. The van der Waals surface area contributed by atoms with Crippen LogP contribution in [0.3, 0.4) is 0 Å². The van der Waals surface area contributed by atoms with Crippen molar-refractivity contribution in [1.82, 2.24) is 9.47 Å². The molecule has 0 spiro atoms. The lowest BCUT2D eigenvalue weighted by molar-refractivity contribution is -0.135. The van der Waals surface area contributed by atoms with Crippen LogP contribution in [-0.4, -0.2) is 39.7 Å². The summed E-state index contributed by atoms with van der Waals surface area (Å²) < 4.78 is 2.08. The molecule has 2 heterocycles. The molecular formula is C17H22N2O2. The molecule has 2 unspecified atom stereocenters. The van der Waals surface area contributed by atoms with E-state index in [4.69, 9.17) is 0 Å². The fraction of sp³-hybridized carbons (Fsp3) is 0.471. The van der Waals surface area contributed by atoms with Gasteiger partial charge in [0.25, 0.3) is 0 Å². The van der Waals surface area contributed by atoms with E-state index in [9.17, 15) is 9.90 Å². The van der Waals surface area contributed by atoms with Crippen LogP contribution in [-0.2, 0) is 11.3 Å². The molecule has 2 aromatic rings. The molecule has 0 saturated carbocycles. The number of hydrogen-bond donors (Lipinski definition) is 1. The first-order valence-corrected chi connectivity index (χ1v) is 7.57. The molecule has 0 radical (unpaired) electrons. The number of aromatic nitrogens is 1. The predicted octanol–water partition coefficient (Wildman–Crippen LogP) is 2.18. The largest absolute Gasteiger partial charge is 0.393 e. The Labute approximate surface area is 125 Å². The number of benzene rings is 1. The van der Waals surface area contributed by atoms with Gasteiger partial charge in [0, 0.05) is 24.3 Å². The first kappa shape index (κ1) is 14.1. The Balaban J connectivity index is 1.79. The smallest absolute Gasteiger partial charge is 0.242 e. The number of para-hydroxylation sites is 1. The van der Waals surface area contributed by atoms with E-state index in [-0.39, 0.29) is 17.9 Å². The quantitative estimate of drug-likeness (QED) is 0.919. The molecule has 3 rings (SSSR count). The Morgan fingerprint density at radius 2 is 2.14 bits per heavy atom. The minimum Gasteiger partial charge on any atom is -0.393 e. The summed E-state index contributed by atoms with van der Waals surface area (Å²) in [6.45, 7) is 5.72. The molecule has 1 aliphatic rings. The summed E-state index contributed by atoms with van der Waals surface area (Å²) in [6.07, 6.45) is 0.404. The van der Waals surface area contributed by atoms with Gasteiger partial charge in [0.2, 0.25) is 5.91 Å². The summed E-state index contributed by atoms with van der Waals surface area (Å²) in [5, 5.41) is 10.9. The van der Waals surface area contributed by atoms with Gasteiger partial charge in [-0.1, -0.05) is 25.1 Å². The monoisotopic (exact) mass is 286 g/mol. The van der Waals surface area contributed by atoms with E-state index in [1.807, 2.05) is 30.9 Å². The van der Waals surface area contributed by atoms with Crippen molar-refractivity contribution in [3.05, 3.63) is 36.0 Å². The van der Waals surface area contributed by atoms with Gasteiger partial charge in [-0.3, -0.25) is 4.79 Å². The van der Waals surface area contributed by atoms with Gasteiger partial charge in [-0.2, -0.15) is 0 Å². The summed E-state index contributed by atoms with van der Waals surface area (Å²) in [7, 11) is 0. The van der Waals surface area contributed by atoms with Gasteiger partial charge in [-0.05, 0) is 36.8 Å². The number of carbonyl (C=O) groups is 1. The number of amides is 1. The normalized spacial score (nSPS) is 22.7.